The van der Waals surface area contributed by atoms with Crippen LogP contribution in [0.1, 0.15) is 12.5 Å². The summed E-state index contributed by atoms with van der Waals surface area (Å²) >= 11 is 1.72. The lowest BCUT2D eigenvalue weighted by Gasteiger charge is -2.21. The highest BCUT2D eigenvalue weighted by Crippen LogP contribution is 2.42. The molecule has 1 aliphatic heterocycles. The summed E-state index contributed by atoms with van der Waals surface area (Å²) in [5.41, 5.74) is 1.87. The van der Waals surface area contributed by atoms with Crippen LogP contribution in [0.15, 0.2) is 24.3 Å². The van der Waals surface area contributed by atoms with Gasteiger partial charge in [0.15, 0.2) is 0 Å². The number of carbonyl (C=O) groups excluding carboxylic acids is 1. The predicted molar refractivity (Wildman–Crippen MR) is 65.6 cm³/mol. The second kappa shape index (κ2) is 3.56. The Labute approximate surface area is 94.7 Å². The van der Waals surface area contributed by atoms with Gasteiger partial charge in [0.1, 0.15) is 0 Å². The van der Waals surface area contributed by atoms with Crippen LogP contribution < -0.4 is 4.90 Å². The van der Waals surface area contributed by atoms with Crippen molar-refractivity contribution in [3.8, 4) is 0 Å². The average molecular weight is 221 g/mol. The minimum Gasteiger partial charge on any atom is -0.314 e. The fourth-order valence-electron chi connectivity index (χ4n) is 2.26. The highest BCUT2D eigenvalue weighted by molar-refractivity contribution is 7.98. The minimum atomic E-state index is -0.342. The third-order valence-electron chi connectivity index (χ3n) is 3.07. The van der Waals surface area contributed by atoms with Gasteiger partial charge in [0.25, 0.3) is 0 Å². The summed E-state index contributed by atoms with van der Waals surface area (Å²) in [6.07, 6.45) is 2.04. The molecule has 1 aromatic carbocycles. The van der Waals surface area contributed by atoms with Crippen molar-refractivity contribution in [3.05, 3.63) is 29.8 Å². The van der Waals surface area contributed by atoms with Crippen LogP contribution in [0, 0.1) is 0 Å². The topological polar surface area (TPSA) is 20.3 Å². The monoisotopic (exact) mass is 221 g/mol. The lowest BCUT2D eigenvalue weighted by molar-refractivity contribution is -0.121. The van der Waals surface area contributed by atoms with Crippen LogP contribution in [0.25, 0.3) is 0 Å². The summed E-state index contributed by atoms with van der Waals surface area (Å²) in [7, 11) is 1.85. The standard InChI is InChI=1S/C12H15NOS/c1-12(8-15-3)9-6-4-5-7-10(9)13(2)11(12)14/h4-7H,8H2,1-3H3/t12-/m1/s1. The second-order valence-electron chi connectivity index (χ2n) is 4.15. The van der Waals surface area contributed by atoms with Gasteiger partial charge in [-0.15, -0.1) is 0 Å². The fraction of sp³-hybridized carbons (Fsp3) is 0.417. The van der Waals surface area contributed by atoms with E-state index >= 15 is 0 Å². The van der Waals surface area contributed by atoms with Gasteiger partial charge in [-0.2, -0.15) is 11.8 Å². The molecule has 80 valence electrons. The molecule has 1 heterocycles. The van der Waals surface area contributed by atoms with Crippen LogP contribution in [0.4, 0.5) is 5.69 Å². The van der Waals surface area contributed by atoms with E-state index in [1.54, 1.807) is 16.7 Å². The Balaban J connectivity index is 2.55. The van der Waals surface area contributed by atoms with E-state index in [0.717, 1.165) is 17.0 Å². The Morgan fingerprint density at radius 1 is 1.40 bits per heavy atom. The van der Waals surface area contributed by atoms with Crippen molar-refractivity contribution in [1.82, 2.24) is 0 Å². The quantitative estimate of drug-likeness (QED) is 0.763. The molecule has 1 atom stereocenters. The molecule has 0 spiro atoms. The minimum absolute atomic E-state index is 0.207. The molecule has 0 fully saturated rings. The van der Waals surface area contributed by atoms with Gasteiger partial charge in [0.05, 0.1) is 5.41 Å². The summed E-state index contributed by atoms with van der Waals surface area (Å²) in [5, 5.41) is 0. The van der Waals surface area contributed by atoms with Crippen molar-refractivity contribution < 1.29 is 4.79 Å². The SMILES string of the molecule is CSC[C@@]1(C)C(=O)N(C)c2ccccc21. The zero-order chi connectivity index (χ0) is 11.1. The molecule has 1 amide bonds. The van der Waals surface area contributed by atoms with Crippen LogP contribution >= 0.6 is 11.8 Å². The third-order valence-corrected chi connectivity index (χ3v) is 3.94. The van der Waals surface area contributed by atoms with Gasteiger partial charge >= 0.3 is 0 Å². The molecule has 3 heteroatoms. The number of nitrogens with zero attached hydrogens (tertiary/aromatic N) is 1. The van der Waals surface area contributed by atoms with E-state index in [0.29, 0.717) is 0 Å². The Hall–Kier alpha value is -0.960. The molecule has 1 aliphatic rings. The van der Waals surface area contributed by atoms with Crippen LogP contribution in [0.3, 0.4) is 0 Å². The Morgan fingerprint density at radius 3 is 2.73 bits per heavy atom. The molecule has 2 rings (SSSR count). The maximum absolute atomic E-state index is 12.2. The number of thioether (sulfide) groups is 1. The van der Waals surface area contributed by atoms with Crippen molar-refractivity contribution >= 4 is 23.4 Å². The highest BCUT2D eigenvalue weighted by atomic mass is 32.2. The maximum Gasteiger partial charge on any atom is 0.238 e. The van der Waals surface area contributed by atoms with Gasteiger partial charge in [-0.25, -0.2) is 0 Å². The Kier molecular flexibility index (Phi) is 2.51. The maximum atomic E-state index is 12.2. The number of likely N-dealkylation sites (N-methyl/N-ethyl adjacent to an activating group) is 1. The van der Waals surface area contributed by atoms with Crippen LogP contribution in [-0.4, -0.2) is 25.0 Å². The summed E-state index contributed by atoms with van der Waals surface area (Å²) < 4.78 is 0. The lowest BCUT2D eigenvalue weighted by Crippen LogP contribution is -2.38. The molecule has 0 radical (unpaired) electrons. The van der Waals surface area contributed by atoms with E-state index in [2.05, 4.69) is 6.07 Å². The predicted octanol–water partition coefficient (Wildman–Crippen LogP) is 2.28. The van der Waals surface area contributed by atoms with Crippen molar-refractivity contribution in [2.45, 2.75) is 12.3 Å². The lowest BCUT2D eigenvalue weighted by atomic mass is 9.86. The van der Waals surface area contributed by atoms with Crippen LogP contribution in [-0.2, 0) is 10.2 Å². The number of para-hydroxylation sites is 1. The van der Waals surface area contributed by atoms with Gasteiger partial charge in [0.2, 0.25) is 5.91 Å². The number of benzene rings is 1. The molecule has 2 nitrogen and oxygen atoms in total. The van der Waals surface area contributed by atoms with Crippen LogP contribution in [0.5, 0.6) is 0 Å². The number of fused-ring (bicyclic) bond motifs is 1. The van der Waals surface area contributed by atoms with Gasteiger partial charge in [0, 0.05) is 18.5 Å². The fourth-order valence-corrected chi connectivity index (χ4v) is 3.11. The van der Waals surface area contributed by atoms with E-state index in [1.807, 2.05) is 38.4 Å². The normalized spacial score (nSPS) is 24.5. The highest BCUT2D eigenvalue weighted by Gasteiger charge is 2.45. The van der Waals surface area contributed by atoms with Crippen LogP contribution in [0.2, 0.25) is 0 Å². The molecule has 0 aliphatic carbocycles. The molecular formula is C12H15NOS. The number of carbonyl (C=O) groups is 1. The molecule has 0 saturated carbocycles. The van der Waals surface area contributed by atoms with Crippen molar-refractivity contribution in [2.75, 3.05) is 24.0 Å². The third kappa shape index (κ3) is 1.37. The van der Waals surface area contributed by atoms with E-state index in [9.17, 15) is 4.79 Å². The largest absolute Gasteiger partial charge is 0.314 e. The van der Waals surface area contributed by atoms with E-state index < -0.39 is 0 Å². The second-order valence-corrected chi connectivity index (χ2v) is 5.01. The average Bonchev–Trinajstić information content (AvgIpc) is 2.43. The molecule has 0 saturated heterocycles. The zero-order valence-corrected chi connectivity index (χ0v) is 10.1. The Bertz CT molecular complexity index is 404. The van der Waals surface area contributed by atoms with Crippen molar-refractivity contribution in [3.63, 3.8) is 0 Å². The van der Waals surface area contributed by atoms with E-state index in [4.69, 9.17) is 0 Å². The summed E-state index contributed by atoms with van der Waals surface area (Å²) in [6, 6.07) is 8.06. The number of hydrogen-bond donors (Lipinski definition) is 0. The van der Waals surface area contributed by atoms with E-state index in [-0.39, 0.29) is 11.3 Å². The molecule has 1 aromatic rings. The molecule has 0 bridgehead atoms. The first kappa shape index (κ1) is 10.6. The smallest absolute Gasteiger partial charge is 0.238 e. The van der Waals surface area contributed by atoms with Crippen molar-refractivity contribution in [1.29, 1.82) is 0 Å². The molecule has 0 unspecified atom stereocenters. The number of rotatable bonds is 2. The summed E-state index contributed by atoms with van der Waals surface area (Å²) in [4.78, 5) is 14.0. The van der Waals surface area contributed by atoms with Gasteiger partial charge in [-0.3, -0.25) is 4.79 Å². The molecule has 0 N–H and O–H groups in total. The first-order chi connectivity index (χ1) is 7.11. The molecular weight excluding hydrogens is 206 g/mol. The number of anilines is 1. The molecule has 0 aromatic heterocycles. The van der Waals surface area contributed by atoms with E-state index in [1.165, 1.54) is 0 Å². The van der Waals surface area contributed by atoms with Crippen molar-refractivity contribution in [2.24, 2.45) is 0 Å². The summed E-state index contributed by atoms with van der Waals surface area (Å²) in [5.74, 6) is 1.05. The Morgan fingerprint density at radius 2 is 2.07 bits per heavy atom. The first-order valence-corrected chi connectivity index (χ1v) is 6.37. The number of amides is 1. The van der Waals surface area contributed by atoms with Gasteiger partial charge in [-0.05, 0) is 24.8 Å². The van der Waals surface area contributed by atoms with Gasteiger partial charge < -0.3 is 4.90 Å². The number of hydrogen-bond acceptors (Lipinski definition) is 2. The zero-order valence-electron chi connectivity index (χ0n) is 9.28. The van der Waals surface area contributed by atoms with Gasteiger partial charge in [-0.1, -0.05) is 18.2 Å². The first-order valence-electron chi connectivity index (χ1n) is 4.98. The summed E-state index contributed by atoms with van der Waals surface area (Å²) in [6.45, 7) is 2.04. The molecule has 15 heavy (non-hydrogen) atoms.